The number of nitrogens with zero attached hydrogens (tertiary/aromatic N) is 2. The molecule has 0 spiro atoms. The summed E-state index contributed by atoms with van der Waals surface area (Å²) in [5.74, 6) is 0. The van der Waals surface area contributed by atoms with Crippen LogP contribution < -0.4 is 16.6 Å². The fourth-order valence-corrected chi connectivity index (χ4v) is 2.21. The van der Waals surface area contributed by atoms with E-state index in [0.29, 0.717) is 12.1 Å². The maximum atomic E-state index is 12.0. The normalized spacial score (nSPS) is 10.6. The topological polar surface area (TPSA) is 56.0 Å². The summed E-state index contributed by atoms with van der Waals surface area (Å²) in [5.41, 5.74) is 3.31. The molecule has 106 valence electrons. The summed E-state index contributed by atoms with van der Waals surface area (Å²) >= 11 is 0. The third-order valence-electron chi connectivity index (χ3n) is 3.37. The van der Waals surface area contributed by atoms with Crippen LogP contribution in [0.5, 0.6) is 0 Å². The summed E-state index contributed by atoms with van der Waals surface area (Å²) in [5, 5.41) is 3.24. The Morgan fingerprint density at radius 1 is 1.15 bits per heavy atom. The predicted molar refractivity (Wildman–Crippen MR) is 80.2 cm³/mol. The van der Waals surface area contributed by atoms with E-state index in [9.17, 15) is 9.59 Å². The van der Waals surface area contributed by atoms with E-state index in [0.717, 1.165) is 15.8 Å². The van der Waals surface area contributed by atoms with Gasteiger partial charge in [0.05, 0.1) is 5.56 Å². The van der Waals surface area contributed by atoms with Crippen molar-refractivity contribution in [3.63, 3.8) is 0 Å². The van der Waals surface area contributed by atoms with Crippen LogP contribution in [0.2, 0.25) is 0 Å². The average molecular weight is 273 g/mol. The van der Waals surface area contributed by atoms with Crippen molar-refractivity contribution >= 4 is 5.69 Å². The number of aryl methyl sites for hydroxylation is 3. The van der Waals surface area contributed by atoms with Gasteiger partial charge < -0.3 is 9.88 Å². The SMILES string of the molecule is Cc1ccc(NCc2cn(C)c(=O)n(C)c2=O)c(C)c1. The molecule has 0 atom stereocenters. The second-order valence-electron chi connectivity index (χ2n) is 5.08. The standard InChI is InChI=1S/C15H19N3O2/c1-10-5-6-13(11(2)7-10)16-8-12-9-17(3)15(20)18(4)14(12)19/h5-7,9,16H,8H2,1-4H3. The smallest absolute Gasteiger partial charge is 0.330 e. The van der Waals surface area contributed by atoms with Gasteiger partial charge in [0.2, 0.25) is 0 Å². The lowest BCUT2D eigenvalue weighted by Gasteiger charge is -2.11. The van der Waals surface area contributed by atoms with E-state index in [-0.39, 0.29) is 11.2 Å². The molecular weight excluding hydrogens is 254 g/mol. The zero-order valence-electron chi connectivity index (χ0n) is 12.2. The minimum Gasteiger partial charge on any atom is -0.380 e. The Hall–Kier alpha value is -2.30. The summed E-state index contributed by atoms with van der Waals surface area (Å²) in [7, 11) is 3.13. The molecule has 1 heterocycles. The molecule has 5 nitrogen and oxygen atoms in total. The van der Waals surface area contributed by atoms with Crippen molar-refractivity contribution in [3.8, 4) is 0 Å². The lowest BCUT2D eigenvalue weighted by molar-refractivity contribution is 0.671. The summed E-state index contributed by atoms with van der Waals surface area (Å²) in [6, 6.07) is 6.10. The highest BCUT2D eigenvalue weighted by Gasteiger charge is 2.07. The quantitative estimate of drug-likeness (QED) is 0.917. The first-order valence-corrected chi connectivity index (χ1v) is 6.47. The van der Waals surface area contributed by atoms with Crippen molar-refractivity contribution < 1.29 is 0 Å². The van der Waals surface area contributed by atoms with Gasteiger partial charge in [-0.3, -0.25) is 9.36 Å². The van der Waals surface area contributed by atoms with E-state index in [1.54, 1.807) is 13.2 Å². The van der Waals surface area contributed by atoms with E-state index in [2.05, 4.69) is 11.4 Å². The van der Waals surface area contributed by atoms with Gasteiger partial charge in [-0.2, -0.15) is 0 Å². The summed E-state index contributed by atoms with van der Waals surface area (Å²) in [6.45, 7) is 4.46. The highest BCUT2D eigenvalue weighted by Crippen LogP contribution is 2.16. The molecule has 1 N–H and O–H groups in total. The molecule has 0 aliphatic rings. The Morgan fingerprint density at radius 2 is 1.85 bits per heavy atom. The number of anilines is 1. The molecule has 0 amide bonds. The molecule has 0 fully saturated rings. The van der Waals surface area contributed by atoms with Crippen LogP contribution in [0, 0.1) is 13.8 Å². The minimum absolute atomic E-state index is 0.259. The number of nitrogens with one attached hydrogen (secondary N) is 1. The largest absolute Gasteiger partial charge is 0.380 e. The van der Waals surface area contributed by atoms with Crippen LogP contribution in [0.25, 0.3) is 0 Å². The van der Waals surface area contributed by atoms with E-state index < -0.39 is 0 Å². The Bertz CT molecular complexity index is 757. The highest BCUT2D eigenvalue weighted by atomic mass is 16.2. The molecule has 0 saturated carbocycles. The van der Waals surface area contributed by atoms with E-state index in [4.69, 9.17) is 0 Å². The average Bonchev–Trinajstić information content (AvgIpc) is 2.40. The Balaban J connectivity index is 2.28. The van der Waals surface area contributed by atoms with Gasteiger partial charge in [-0.15, -0.1) is 0 Å². The fourth-order valence-electron chi connectivity index (χ4n) is 2.21. The fraction of sp³-hybridized carbons (Fsp3) is 0.333. The first-order chi connectivity index (χ1) is 9.40. The van der Waals surface area contributed by atoms with Crippen LogP contribution in [-0.4, -0.2) is 9.13 Å². The van der Waals surface area contributed by atoms with Gasteiger partial charge in [-0.1, -0.05) is 17.7 Å². The minimum atomic E-state index is -0.315. The Morgan fingerprint density at radius 3 is 2.50 bits per heavy atom. The lowest BCUT2D eigenvalue weighted by Crippen LogP contribution is -2.38. The summed E-state index contributed by atoms with van der Waals surface area (Å²) in [6.07, 6.45) is 1.58. The van der Waals surface area contributed by atoms with Crippen molar-refractivity contribution in [1.29, 1.82) is 0 Å². The van der Waals surface area contributed by atoms with Gasteiger partial charge >= 0.3 is 5.69 Å². The van der Waals surface area contributed by atoms with Crippen molar-refractivity contribution in [2.75, 3.05) is 5.32 Å². The van der Waals surface area contributed by atoms with Gasteiger partial charge in [0.15, 0.2) is 0 Å². The van der Waals surface area contributed by atoms with Crippen LogP contribution in [-0.2, 0) is 20.6 Å². The van der Waals surface area contributed by atoms with E-state index in [1.165, 1.54) is 17.2 Å². The van der Waals surface area contributed by atoms with Crippen LogP contribution in [0.15, 0.2) is 34.0 Å². The van der Waals surface area contributed by atoms with Crippen LogP contribution in [0.3, 0.4) is 0 Å². The molecular formula is C15H19N3O2. The van der Waals surface area contributed by atoms with Crippen molar-refractivity contribution in [2.24, 2.45) is 14.1 Å². The van der Waals surface area contributed by atoms with Gasteiger partial charge in [0.25, 0.3) is 5.56 Å². The molecule has 0 saturated heterocycles. The van der Waals surface area contributed by atoms with Crippen molar-refractivity contribution in [2.45, 2.75) is 20.4 Å². The van der Waals surface area contributed by atoms with Gasteiger partial charge in [0, 0.05) is 32.5 Å². The van der Waals surface area contributed by atoms with Gasteiger partial charge in [0.1, 0.15) is 0 Å². The maximum Gasteiger partial charge on any atom is 0.330 e. The molecule has 20 heavy (non-hydrogen) atoms. The second kappa shape index (κ2) is 5.36. The Kier molecular flexibility index (Phi) is 3.79. The van der Waals surface area contributed by atoms with E-state index >= 15 is 0 Å². The molecule has 2 aromatic rings. The molecule has 0 bridgehead atoms. The third kappa shape index (κ3) is 2.66. The monoisotopic (exact) mass is 273 g/mol. The molecule has 1 aromatic carbocycles. The number of benzene rings is 1. The zero-order chi connectivity index (χ0) is 14.9. The predicted octanol–water partition coefficient (Wildman–Crippen LogP) is 1.31. The van der Waals surface area contributed by atoms with E-state index in [1.807, 2.05) is 26.0 Å². The number of hydrogen-bond acceptors (Lipinski definition) is 3. The summed E-state index contributed by atoms with van der Waals surface area (Å²) in [4.78, 5) is 23.6. The van der Waals surface area contributed by atoms with Crippen molar-refractivity contribution in [3.05, 3.63) is 61.9 Å². The molecule has 5 heteroatoms. The molecule has 2 rings (SSSR count). The first kappa shape index (κ1) is 14.1. The number of rotatable bonds is 3. The molecule has 0 aliphatic heterocycles. The first-order valence-electron chi connectivity index (χ1n) is 6.47. The molecule has 0 aliphatic carbocycles. The zero-order valence-corrected chi connectivity index (χ0v) is 12.2. The van der Waals surface area contributed by atoms with Gasteiger partial charge in [-0.05, 0) is 25.5 Å². The third-order valence-corrected chi connectivity index (χ3v) is 3.37. The van der Waals surface area contributed by atoms with Crippen molar-refractivity contribution in [1.82, 2.24) is 9.13 Å². The number of aromatic nitrogens is 2. The lowest BCUT2D eigenvalue weighted by atomic mass is 10.1. The maximum absolute atomic E-state index is 12.0. The van der Waals surface area contributed by atoms with Crippen LogP contribution in [0.4, 0.5) is 5.69 Å². The molecule has 1 aromatic heterocycles. The van der Waals surface area contributed by atoms with Gasteiger partial charge in [-0.25, -0.2) is 4.79 Å². The molecule has 0 radical (unpaired) electrons. The Labute approximate surface area is 117 Å². The second-order valence-corrected chi connectivity index (χ2v) is 5.08. The number of hydrogen-bond donors (Lipinski definition) is 1. The molecule has 0 unspecified atom stereocenters. The summed E-state index contributed by atoms with van der Waals surface area (Å²) < 4.78 is 2.54. The highest BCUT2D eigenvalue weighted by molar-refractivity contribution is 5.52. The van der Waals surface area contributed by atoms with Crippen LogP contribution >= 0.6 is 0 Å². The van der Waals surface area contributed by atoms with Crippen LogP contribution in [0.1, 0.15) is 16.7 Å².